The summed E-state index contributed by atoms with van der Waals surface area (Å²) < 4.78 is 0. The third-order valence-corrected chi connectivity index (χ3v) is 11.9. The fourth-order valence-electron chi connectivity index (χ4n) is 8.70. The minimum absolute atomic E-state index is 0.209. The maximum Gasteiger partial charge on any atom is 0.0465 e. The molecule has 1 aliphatic rings. The van der Waals surface area contributed by atoms with E-state index in [1.54, 1.807) is 0 Å². The number of hydrogen-bond acceptors (Lipinski definition) is 2. The van der Waals surface area contributed by atoms with Gasteiger partial charge < -0.3 is 9.80 Å². The van der Waals surface area contributed by atoms with E-state index >= 15 is 0 Å². The second-order valence-electron chi connectivity index (χ2n) is 16.1. The highest BCUT2D eigenvalue weighted by molar-refractivity contribution is 5.86. The number of para-hydroxylation sites is 2. The summed E-state index contributed by atoms with van der Waals surface area (Å²) in [6, 6.07) is 82.2. The van der Waals surface area contributed by atoms with E-state index in [1.807, 2.05) is 0 Å². The van der Waals surface area contributed by atoms with Crippen LogP contribution in [0.1, 0.15) is 36.1 Å². The van der Waals surface area contributed by atoms with E-state index < -0.39 is 0 Å². The van der Waals surface area contributed by atoms with E-state index in [2.05, 4.69) is 266 Å². The fourth-order valence-corrected chi connectivity index (χ4v) is 8.70. The quantitative estimate of drug-likeness (QED) is 0.142. The number of nitrogens with zero attached hydrogens (tertiary/aromatic N) is 2. The predicted octanol–water partition coefficient (Wildman–Crippen LogP) is 15.7. The normalized spacial score (nSPS) is 12.1. The van der Waals surface area contributed by atoms with Crippen LogP contribution in [0.4, 0.5) is 34.1 Å². The summed E-state index contributed by atoms with van der Waals surface area (Å²) in [5, 5.41) is 0. The van der Waals surface area contributed by atoms with Gasteiger partial charge in [-0.25, -0.2) is 0 Å². The maximum atomic E-state index is 3.51. The Labute approximate surface area is 359 Å². The molecule has 2 heteroatoms. The summed E-state index contributed by atoms with van der Waals surface area (Å²) >= 11 is 0. The monoisotopic (exact) mass is 780 g/mol. The molecule has 0 fully saturated rings. The topological polar surface area (TPSA) is 6.48 Å². The van der Waals surface area contributed by atoms with Crippen molar-refractivity contribution in [3.8, 4) is 45.2 Å². The van der Waals surface area contributed by atoms with Gasteiger partial charge in [0, 0.05) is 50.7 Å². The maximum absolute atomic E-state index is 3.51. The molecule has 0 saturated carbocycles. The van der Waals surface area contributed by atoms with Crippen molar-refractivity contribution in [2.75, 3.05) is 9.80 Å². The second kappa shape index (κ2) is 16.1. The number of rotatable bonds is 8. The van der Waals surface area contributed by atoms with Gasteiger partial charge in [-0.1, -0.05) is 159 Å². The third-order valence-electron chi connectivity index (χ3n) is 11.9. The summed E-state index contributed by atoms with van der Waals surface area (Å²) in [5.74, 6) is 6.98. The van der Waals surface area contributed by atoms with Crippen molar-refractivity contribution in [3.05, 3.63) is 253 Å². The van der Waals surface area contributed by atoms with E-state index in [-0.39, 0.29) is 5.41 Å². The Morgan fingerprint density at radius 2 is 0.623 bits per heavy atom. The molecule has 0 N–H and O–H groups in total. The molecule has 0 atom stereocenters. The predicted molar refractivity (Wildman–Crippen MR) is 257 cm³/mol. The van der Waals surface area contributed by atoms with Crippen LogP contribution in [0.5, 0.6) is 0 Å². The molecule has 0 aromatic heterocycles. The molecular formula is C59H44N2. The molecule has 1 aliphatic carbocycles. The first-order valence-corrected chi connectivity index (χ1v) is 20.9. The van der Waals surface area contributed by atoms with Gasteiger partial charge in [0.2, 0.25) is 0 Å². The molecular weight excluding hydrogens is 737 g/mol. The molecule has 0 amide bonds. The van der Waals surface area contributed by atoms with Crippen LogP contribution >= 0.6 is 0 Å². The van der Waals surface area contributed by atoms with Crippen LogP contribution in [-0.4, -0.2) is 0 Å². The van der Waals surface area contributed by atoms with Gasteiger partial charge in [0.25, 0.3) is 0 Å². The number of benzene rings is 9. The Hall–Kier alpha value is -7.86. The van der Waals surface area contributed by atoms with Crippen LogP contribution in [0.15, 0.2) is 231 Å². The van der Waals surface area contributed by atoms with Crippen molar-refractivity contribution >= 4 is 34.1 Å². The van der Waals surface area contributed by atoms with E-state index in [4.69, 9.17) is 0 Å². The van der Waals surface area contributed by atoms with Gasteiger partial charge in [0.05, 0.1) is 0 Å². The lowest BCUT2D eigenvalue weighted by molar-refractivity contribution is 0.660. The number of fused-ring (bicyclic) bond motifs is 3. The molecule has 0 unspecified atom stereocenters. The van der Waals surface area contributed by atoms with Crippen LogP contribution in [0.25, 0.3) is 33.4 Å². The molecule has 0 radical (unpaired) electrons. The van der Waals surface area contributed by atoms with Gasteiger partial charge in [-0.05, 0) is 142 Å². The van der Waals surface area contributed by atoms with E-state index in [9.17, 15) is 0 Å². The average Bonchev–Trinajstić information content (AvgIpc) is 3.55. The first-order valence-electron chi connectivity index (χ1n) is 20.9. The summed E-state index contributed by atoms with van der Waals surface area (Å²) in [7, 11) is 0. The molecule has 61 heavy (non-hydrogen) atoms. The second-order valence-corrected chi connectivity index (χ2v) is 16.1. The van der Waals surface area contributed by atoms with Crippen molar-refractivity contribution < 1.29 is 0 Å². The average molecular weight is 781 g/mol. The highest BCUT2D eigenvalue weighted by atomic mass is 15.1. The largest absolute Gasteiger partial charge is 0.311 e. The van der Waals surface area contributed by atoms with Crippen molar-refractivity contribution in [1.29, 1.82) is 0 Å². The van der Waals surface area contributed by atoms with Crippen molar-refractivity contribution in [3.63, 3.8) is 0 Å². The molecule has 0 spiro atoms. The van der Waals surface area contributed by atoms with Gasteiger partial charge in [-0.3, -0.25) is 0 Å². The third kappa shape index (κ3) is 7.39. The van der Waals surface area contributed by atoms with Crippen LogP contribution in [-0.2, 0) is 5.41 Å². The first kappa shape index (κ1) is 37.4. The summed E-state index contributed by atoms with van der Waals surface area (Å²) in [4.78, 5) is 4.65. The van der Waals surface area contributed by atoms with Crippen molar-refractivity contribution in [2.24, 2.45) is 0 Å². The lowest BCUT2D eigenvalue weighted by atomic mass is 9.82. The van der Waals surface area contributed by atoms with Crippen molar-refractivity contribution in [1.82, 2.24) is 0 Å². The van der Waals surface area contributed by atoms with E-state index in [1.165, 1.54) is 44.5 Å². The van der Waals surface area contributed by atoms with Crippen LogP contribution < -0.4 is 9.80 Å². The molecule has 0 heterocycles. The van der Waals surface area contributed by atoms with Crippen molar-refractivity contribution in [2.45, 2.75) is 19.3 Å². The minimum atomic E-state index is -0.209. The smallest absolute Gasteiger partial charge is 0.0465 e. The zero-order valence-electron chi connectivity index (χ0n) is 34.3. The minimum Gasteiger partial charge on any atom is -0.311 e. The summed E-state index contributed by atoms with van der Waals surface area (Å²) in [5.41, 5.74) is 18.4. The first-order chi connectivity index (χ1) is 30.0. The Morgan fingerprint density at radius 1 is 0.295 bits per heavy atom. The molecule has 9 aromatic rings. The molecule has 290 valence electrons. The van der Waals surface area contributed by atoms with Gasteiger partial charge >= 0.3 is 0 Å². The number of anilines is 6. The van der Waals surface area contributed by atoms with Gasteiger partial charge in [-0.15, -0.1) is 0 Å². The Balaban J connectivity index is 0.920. The molecule has 0 saturated heterocycles. The Morgan fingerprint density at radius 3 is 1.11 bits per heavy atom. The van der Waals surface area contributed by atoms with Crippen LogP contribution in [0.3, 0.4) is 0 Å². The lowest BCUT2D eigenvalue weighted by Crippen LogP contribution is -2.16. The zero-order valence-corrected chi connectivity index (χ0v) is 34.3. The van der Waals surface area contributed by atoms with Gasteiger partial charge in [0.1, 0.15) is 0 Å². The molecule has 10 rings (SSSR count). The summed E-state index contributed by atoms with van der Waals surface area (Å²) in [6.45, 7) is 4.68. The highest BCUT2D eigenvalue weighted by Crippen LogP contribution is 2.51. The molecule has 9 aromatic carbocycles. The number of hydrogen-bond donors (Lipinski definition) is 0. The SMILES string of the molecule is CC1(C)c2cc(C#Cc3ccc(N(c4ccccc4)c4ccc(-c5ccccc5)cc4)cc3)ccc2-c2ccc(N(c3ccccc3)c3ccc(-c4ccccc4)cc3)cc21. The Kier molecular flexibility index (Phi) is 9.85. The van der Waals surface area contributed by atoms with Gasteiger partial charge in [0.15, 0.2) is 0 Å². The highest BCUT2D eigenvalue weighted by Gasteiger charge is 2.36. The summed E-state index contributed by atoms with van der Waals surface area (Å²) in [6.07, 6.45) is 0. The fraction of sp³-hybridized carbons (Fsp3) is 0.0508. The molecule has 0 aliphatic heterocycles. The van der Waals surface area contributed by atoms with Gasteiger partial charge in [-0.2, -0.15) is 0 Å². The molecule has 0 bridgehead atoms. The van der Waals surface area contributed by atoms with Crippen LogP contribution in [0.2, 0.25) is 0 Å². The zero-order chi connectivity index (χ0) is 41.2. The lowest BCUT2D eigenvalue weighted by Gasteiger charge is -2.28. The molecule has 2 nitrogen and oxygen atoms in total. The van der Waals surface area contributed by atoms with E-state index in [0.29, 0.717) is 0 Å². The standard InChI is InChI=1S/C59H44N2/c1-59(2)57-41-44(24-23-43-25-32-51(33-26-43)60(49-19-11-5-12-20-49)52-34-28-47(29-35-52)45-15-7-3-8-16-45)27-39-55(57)56-40-38-54(42-58(56)59)61(50-21-13-6-14-22-50)53-36-30-48(31-37-53)46-17-9-4-10-18-46/h3-22,25-42H,1-2H3. The van der Waals surface area contributed by atoms with E-state index in [0.717, 1.165) is 45.3 Å². The Bertz CT molecular complexity index is 3000. The van der Waals surface area contributed by atoms with Crippen LogP contribution in [0, 0.1) is 11.8 Å².